The van der Waals surface area contributed by atoms with Crippen LogP contribution in [-0.4, -0.2) is 27.3 Å². The quantitative estimate of drug-likeness (QED) is 0.413. The largest absolute Gasteiger partial charge is 0.505 e. The van der Waals surface area contributed by atoms with E-state index in [0.717, 1.165) is 16.6 Å². The van der Waals surface area contributed by atoms with Crippen molar-refractivity contribution in [1.29, 1.82) is 0 Å². The zero-order chi connectivity index (χ0) is 21.1. The number of hydrogen-bond donors (Lipinski definition) is 3. The zero-order valence-electron chi connectivity index (χ0n) is 16.8. The lowest BCUT2D eigenvalue weighted by Gasteiger charge is -2.22. The van der Waals surface area contributed by atoms with Crippen LogP contribution in [0.1, 0.15) is 34.7 Å². The third kappa shape index (κ3) is 3.96. The van der Waals surface area contributed by atoms with Crippen LogP contribution in [0.3, 0.4) is 0 Å². The first-order valence-electron chi connectivity index (χ1n) is 9.64. The number of pyridine rings is 2. The van der Waals surface area contributed by atoms with E-state index >= 15 is 0 Å². The van der Waals surface area contributed by atoms with Crippen LogP contribution in [0.25, 0.3) is 10.9 Å². The Balaban J connectivity index is 1.81. The summed E-state index contributed by atoms with van der Waals surface area (Å²) in [6.07, 6.45) is 0.727. The minimum atomic E-state index is -0.984. The number of phenols is 1. The minimum Gasteiger partial charge on any atom is -0.505 e. The van der Waals surface area contributed by atoms with E-state index in [1.807, 2.05) is 61.5 Å². The lowest BCUT2D eigenvalue weighted by Crippen LogP contribution is -2.14. The van der Waals surface area contributed by atoms with Crippen molar-refractivity contribution >= 4 is 16.7 Å². The van der Waals surface area contributed by atoms with Crippen LogP contribution in [0.15, 0.2) is 72.9 Å². The topological polar surface area (TPSA) is 87.5 Å². The number of rotatable bonds is 6. The van der Waals surface area contributed by atoms with Crippen molar-refractivity contribution < 1.29 is 14.9 Å². The summed E-state index contributed by atoms with van der Waals surface area (Å²) in [5.74, 6) is 0.811. The molecule has 152 valence electrons. The van der Waals surface area contributed by atoms with E-state index < -0.39 is 6.29 Å². The number of aryl methyl sites for hydroxylation is 1. The number of methoxy groups -OCH3 is 1. The Bertz CT molecular complexity index is 1150. The molecule has 30 heavy (non-hydrogen) atoms. The van der Waals surface area contributed by atoms with Crippen molar-refractivity contribution in [3.63, 3.8) is 0 Å². The Hall–Kier alpha value is -3.48. The molecule has 0 fully saturated rings. The summed E-state index contributed by atoms with van der Waals surface area (Å²) in [6, 6.07) is 20.4. The molecule has 2 atom stereocenters. The lowest BCUT2D eigenvalue weighted by atomic mass is 9.95. The molecule has 6 heteroatoms. The second kappa shape index (κ2) is 8.49. The van der Waals surface area contributed by atoms with Crippen LogP contribution in [0, 0.1) is 6.92 Å². The van der Waals surface area contributed by atoms with Crippen LogP contribution < -0.4 is 5.32 Å². The molecule has 2 unspecified atom stereocenters. The Morgan fingerprint density at radius 2 is 1.67 bits per heavy atom. The Morgan fingerprint density at radius 3 is 2.37 bits per heavy atom. The number of fused-ring (bicyclic) bond motifs is 1. The van der Waals surface area contributed by atoms with Crippen LogP contribution >= 0.6 is 0 Å². The van der Waals surface area contributed by atoms with Gasteiger partial charge in [0.25, 0.3) is 0 Å². The number of ether oxygens (including phenoxy) is 1. The van der Waals surface area contributed by atoms with Gasteiger partial charge in [0.15, 0.2) is 6.29 Å². The van der Waals surface area contributed by atoms with Crippen LogP contribution in [0.2, 0.25) is 0 Å². The van der Waals surface area contributed by atoms with Crippen LogP contribution in [0.5, 0.6) is 5.75 Å². The highest BCUT2D eigenvalue weighted by molar-refractivity contribution is 5.86. The minimum absolute atomic E-state index is 0.130. The molecular weight excluding hydrogens is 378 g/mol. The SMILES string of the molecule is COC(O)c1ccc(C(Nc2ccccn2)c2ccc3ccc(C)nc3c2O)cc1. The Kier molecular flexibility index (Phi) is 5.61. The summed E-state index contributed by atoms with van der Waals surface area (Å²) < 4.78 is 4.98. The van der Waals surface area contributed by atoms with Crippen molar-refractivity contribution in [2.45, 2.75) is 19.3 Å². The first-order chi connectivity index (χ1) is 14.6. The summed E-state index contributed by atoms with van der Waals surface area (Å²) in [6.45, 7) is 1.90. The number of anilines is 1. The molecule has 0 saturated heterocycles. The van der Waals surface area contributed by atoms with Crippen molar-refractivity contribution in [1.82, 2.24) is 9.97 Å². The maximum absolute atomic E-state index is 11.1. The standard InChI is InChI=1S/C24H23N3O3/c1-15-6-7-17-12-13-19(23(28)22(17)26-15)21(27-20-5-3-4-14-25-20)16-8-10-18(11-9-16)24(29)30-2/h3-14,21,24,28-29H,1-2H3,(H,25,27). The summed E-state index contributed by atoms with van der Waals surface area (Å²) >= 11 is 0. The van der Waals surface area contributed by atoms with E-state index in [4.69, 9.17) is 4.74 Å². The molecule has 0 radical (unpaired) electrons. The van der Waals surface area contributed by atoms with Gasteiger partial charge in [0.2, 0.25) is 0 Å². The monoisotopic (exact) mass is 401 g/mol. The van der Waals surface area contributed by atoms with Gasteiger partial charge in [0, 0.05) is 35.5 Å². The smallest absolute Gasteiger partial charge is 0.180 e. The van der Waals surface area contributed by atoms with E-state index in [2.05, 4.69) is 15.3 Å². The molecule has 0 aliphatic heterocycles. The highest BCUT2D eigenvalue weighted by atomic mass is 16.6. The molecule has 2 aromatic carbocycles. The first-order valence-corrected chi connectivity index (χ1v) is 9.64. The fourth-order valence-corrected chi connectivity index (χ4v) is 3.45. The van der Waals surface area contributed by atoms with Crippen LogP contribution in [0.4, 0.5) is 5.82 Å². The molecule has 0 amide bonds. The molecule has 0 aliphatic rings. The van der Waals surface area contributed by atoms with Gasteiger partial charge in [0.05, 0.1) is 6.04 Å². The Morgan fingerprint density at radius 1 is 0.933 bits per heavy atom. The van der Waals surface area contributed by atoms with Gasteiger partial charge in [-0.15, -0.1) is 0 Å². The van der Waals surface area contributed by atoms with E-state index in [9.17, 15) is 10.2 Å². The van der Waals surface area contributed by atoms with E-state index in [0.29, 0.717) is 22.5 Å². The second-order valence-corrected chi connectivity index (χ2v) is 7.07. The molecule has 0 spiro atoms. The number of aliphatic hydroxyl groups is 1. The van der Waals surface area contributed by atoms with Gasteiger partial charge in [-0.25, -0.2) is 9.97 Å². The highest BCUT2D eigenvalue weighted by Crippen LogP contribution is 2.36. The van der Waals surface area contributed by atoms with Crippen molar-refractivity contribution in [2.75, 3.05) is 12.4 Å². The summed E-state index contributed by atoms with van der Waals surface area (Å²) in [7, 11) is 1.45. The normalized spacial score (nSPS) is 13.2. The van der Waals surface area contributed by atoms with Crippen molar-refractivity contribution in [3.8, 4) is 5.75 Å². The third-order valence-corrected chi connectivity index (χ3v) is 5.05. The number of nitrogens with zero attached hydrogens (tertiary/aromatic N) is 2. The van der Waals surface area contributed by atoms with Gasteiger partial charge in [-0.3, -0.25) is 0 Å². The van der Waals surface area contributed by atoms with Gasteiger partial charge < -0.3 is 20.3 Å². The van der Waals surface area contributed by atoms with Gasteiger partial charge in [0.1, 0.15) is 17.1 Å². The van der Waals surface area contributed by atoms with Gasteiger partial charge in [-0.1, -0.05) is 48.5 Å². The first kappa shape index (κ1) is 19.8. The molecule has 0 aliphatic carbocycles. The van der Waals surface area contributed by atoms with Gasteiger partial charge in [-0.2, -0.15) is 0 Å². The third-order valence-electron chi connectivity index (χ3n) is 5.05. The van der Waals surface area contributed by atoms with Crippen molar-refractivity contribution in [2.24, 2.45) is 0 Å². The molecule has 4 aromatic rings. The predicted molar refractivity (Wildman–Crippen MR) is 116 cm³/mol. The molecule has 2 heterocycles. The maximum Gasteiger partial charge on any atom is 0.180 e. The lowest BCUT2D eigenvalue weighted by molar-refractivity contribution is -0.0769. The number of aromatic nitrogens is 2. The average molecular weight is 401 g/mol. The number of nitrogens with one attached hydrogen (secondary N) is 1. The van der Waals surface area contributed by atoms with E-state index in [1.54, 1.807) is 18.3 Å². The number of aromatic hydroxyl groups is 1. The predicted octanol–water partition coefficient (Wildman–Crippen LogP) is 4.48. The summed E-state index contributed by atoms with van der Waals surface area (Å²) in [5, 5.41) is 25.3. The van der Waals surface area contributed by atoms with Crippen LogP contribution in [-0.2, 0) is 4.74 Å². The summed E-state index contributed by atoms with van der Waals surface area (Å²) in [4.78, 5) is 8.89. The number of aliphatic hydroxyl groups excluding tert-OH is 1. The second-order valence-electron chi connectivity index (χ2n) is 7.07. The fraction of sp³-hybridized carbons (Fsp3) is 0.167. The molecule has 6 nitrogen and oxygen atoms in total. The van der Waals surface area contributed by atoms with Gasteiger partial charge in [-0.05, 0) is 30.7 Å². The van der Waals surface area contributed by atoms with E-state index in [1.165, 1.54) is 7.11 Å². The molecule has 2 aromatic heterocycles. The molecular formula is C24H23N3O3. The number of phenolic OH excluding ortho intramolecular Hbond substituents is 1. The number of benzene rings is 2. The molecule has 0 bridgehead atoms. The fourth-order valence-electron chi connectivity index (χ4n) is 3.45. The molecule has 4 rings (SSSR count). The molecule has 3 N–H and O–H groups in total. The molecule has 0 saturated carbocycles. The van der Waals surface area contributed by atoms with E-state index in [-0.39, 0.29) is 11.8 Å². The van der Waals surface area contributed by atoms with Crippen molar-refractivity contribution in [3.05, 3.63) is 95.3 Å². The highest BCUT2D eigenvalue weighted by Gasteiger charge is 2.21. The number of hydrogen-bond acceptors (Lipinski definition) is 6. The average Bonchev–Trinajstić information content (AvgIpc) is 2.79. The summed E-state index contributed by atoms with van der Waals surface area (Å²) in [5.41, 5.74) is 3.63. The van der Waals surface area contributed by atoms with Gasteiger partial charge >= 0.3 is 0 Å². The maximum atomic E-state index is 11.1. The zero-order valence-corrected chi connectivity index (χ0v) is 16.8. The Labute approximate surface area is 174 Å².